The first-order chi connectivity index (χ1) is 9.78. The van der Waals surface area contributed by atoms with Crippen LogP contribution in [0.25, 0.3) is 0 Å². The maximum Gasteiger partial charge on any atom is 0.416 e. The predicted molar refractivity (Wildman–Crippen MR) is 68.4 cm³/mol. The summed E-state index contributed by atoms with van der Waals surface area (Å²) in [6.45, 7) is 1.36. The minimum Gasteiger partial charge on any atom is -0.447 e. The van der Waals surface area contributed by atoms with Gasteiger partial charge in [-0.1, -0.05) is 18.2 Å². The van der Waals surface area contributed by atoms with Crippen molar-refractivity contribution < 1.29 is 27.8 Å². The molecule has 1 saturated heterocycles. The van der Waals surface area contributed by atoms with Gasteiger partial charge in [-0.05, 0) is 25.0 Å². The van der Waals surface area contributed by atoms with Crippen molar-refractivity contribution in [3.8, 4) is 0 Å². The van der Waals surface area contributed by atoms with Gasteiger partial charge >= 0.3 is 12.3 Å². The number of carbonyl (C=O) groups excluding carboxylic acids is 1. The third kappa shape index (κ3) is 3.12. The molecule has 1 N–H and O–H groups in total. The van der Waals surface area contributed by atoms with Gasteiger partial charge in [-0.3, -0.25) is 4.90 Å². The molecule has 0 aliphatic carbocycles. The Bertz CT molecular complexity index is 532. The summed E-state index contributed by atoms with van der Waals surface area (Å²) in [5, 5.41) is 9.07. The van der Waals surface area contributed by atoms with Gasteiger partial charge in [0.15, 0.2) is 0 Å². The van der Waals surface area contributed by atoms with Gasteiger partial charge in [0.2, 0.25) is 0 Å². The summed E-state index contributed by atoms with van der Waals surface area (Å²) in [6, 6.07) is 5.13. The standard InChI is InChI=1S/C14H16F3NO3/c1-13(6-7-19)9-21-12(20)18(13)8-10-4-2-3-5-11(10)14(15,16)17/h2-5,19H,6-9H2,1H3. The van der Waals surface area contributed by atoms with E-state index in [2.05, 4.69) is 0 Å². The number of hydrogen-bond donors (Lipinski definition) is 1. The molecule has 116 valence electrons. The highest BCUT2D eigenvalue weighted by Gasteiger charge is 2.44. The van der Waals surface area contributed by atoms with Crippen molar-refractivity contribution in [3.63, 3.8) is 0 Å². The molecule has 7 heteroatoms. The molecule has 1 atom stereocenters. The Kier molecular flexibility index (Phi) is 4.13. The number of cyclic esters (lactones) is 1. The third-order valence-electron chi connectivity index (χ3n) is 3.68. The molecule has 1 aliphatic rings. The van der Waals surface area contributed by atoms with Gasteiger partial charge in [0.25, 0.3) is 0 Å². The van der Waals surface area contributed by atoms with Crippen LogP contribution >= 0.6 is 0 Å². The summed E-state index contributed by atoms with van der Waals surface area (Å²) >= 11 is 0. The first-order valence-corrected chi connectivity index (χ1v) is 6.48. The lowest BCUT2D eigenvalue weighted by atomic mass is 9.96. The van der Waals surface area contributed by atoms with Crippen LogP contribution in [0.15, 0.2) is 24.3 Å². The Morgan fingerprint density at radius 3 is 2.67 bits per heavy atom. The van der Waals surface area contributed by atoms with Crippen LogP contribution in [0.4, 0.5) is 18.0 Å². The molecule has 0 radical (unpaired) electrons. The summed E-state index contributed by atoms with van der Waals surface area (Å²) in [5.41, 5.74) is -1.56. The minimum absolute atomic E-state index is 0.00742. The van der Waals surface area contributed by atoms with Gasteiger partial charge in [-0.25, -0.2) is 4.79 Å². The molecule has 21 heavy (non-hydrogen) atoms. The molecule has 1 aliphatic heterocycles. The molecular formula is C14H16F3NO3. The van der Waals surface area contributed by atoms with E-state index in [1.54, 1.807) is 6.92 Å². The molecule has 1 unspecified atom stereocenters. The molecule has 1 aromatic rings. The first kappa shape index (κ1) is 15.6. The minimum atomic E-state index is -4.48. The molecule has 1 aromatic carbocycles. The van der Waals surface area contributed by atoms with Crippen molar-refractivity contribution in [2.75, 3.05) is 13.2 Å². The normalized spacial score (nSPS) is 22.5. The van der Waals surface area contributed by atoms with Crippen molar-refractivity contribution in [1.82, 2.24) is 4.90 Å². The lowest BCUT2D eigenvalue weighted by Crippen LogP contribution is -2.45. The fourth-order valence-electron chi connectivity index (χ4n) is 2.40. The molecule has 0 saturated carbocycles. The van der Waals surface area contributed by atoms with Crippen molar-refractivity contribution in [1.29, 1.82) is 0 Å². The lowest BCUT2D eigenvalue weighted by Gasteiger charge is -2.32. The van der Waals surface area contributed by atoms with Crippen LogP contribution < -0.4 is 0 Å². The zero-order valence-corrected chi connectivity index (χ0v) is 11.5. The van der Waals surface area contributed by atoms with Gasteiger partial charge in [0.05, 0.1) is 17.6 Å². The largest absolute Gasteiger partial charge is 0.447 e. The fourth-order valence-corrected chi connectivity index (χ4v) is 2.40. The second-order valence-electron chi connectivity index (χ2n) is 5.27. The summed E-state index contributed by atoms with van der Waals surface area (Å²) in [5.74, 6) is 0. The molecule has 0 spiro atoms. The van der Waals surface area contributed by atoms with Crippen LogP contribution in [0.3, 0.4) is 0 Å². The number of benzene rings is 1. The monoisotopic (exact) mass is 303 g/mol. The number of nitrogens with zero attached hydrogens (tertiary/aromatic N) is 1. The van der Waals surface area contributed by atoms with Crippen LogP contribution in [0.5, 0.6) is 0 Å². The fraction of sp³-hybridized carbons (Fsp3) is 0.500. The second-order valence-corrected chi connectivity index (χ2v) is 5.27. The molecule has 1 amide bonds. The number of halogens is 3. The number of aliphatic hydroxyl groups excluding tert-OH is 1. The summed E-state index contributed by atoms with van der Waals surface area (Å²) < 4.78 is 43.9. The molecular weight excluding hydrogens is 287 g/mol. The maximum absolute atomic E-state index is 13.0. The van der Waals surface area contributed by atoms with E-state index in [4.69, 9.17) is 9.84 Å². The molecule has 4 nitrogen and oxygen atoms in total. The highest BCUT2D eigenvalue weighted by atomic mass is 19.4. The van der Waals surface area contributed by atoms with Crippen LogP contribution in [0, 0.1) is 0 Å². The smallest absolute Gasteiger partial charge is 0.416 e. The number of hydrogen-bond acceptors (Lipinski definition) is 3. The topological polar surface area (TPSA) is 49.8 Å². The van der Waals surface area contributed by atoms with Gasteiger partial charge in [0, 0.05) is 6.61 Å². The zero-order valence-electron chi connectivity index (χ0n) is 11.5. The molecule has 0 aromatic heterocycles. The lowest BCUT2D eigenvalue weighted by molar-refractivity contribution is -0.138. The van der Waals surface area contributed by atoms with Crippen LogP contribution in [-0.2, 0) is 17.5 Å². The van der Waals surface area contributed by atoms with E-state index in [1.807, 2.05) is 0 Å². The number of alkyl halides is 3. The average Bonchev–Trinajstić information content (AvgIpc) is 2.67. The molecule has 0 bridgehead atoms. The Hall–Kier alpha value is -1.76. The number of aliphatic hydroxyl groups is 1. The van der Waals surface area contributed by atoms with E-state index < -0.39 is 23.4 Å². The number of rotatable bonds is 4. The average molecular weight is 303 g/mol. The van der Waals surface area contributed by atoms with Crippen LogP contribution in [-0.4, -0.2) is 34.9 Å². The molecule has 1 fully saturated rings. The number of ether oxygens (including phenoxy) is 1. The van der Waals surface area contributed by atoms with Crippen molar-refractivity contribution in [2.45, 2.75) is 31.6 Å². The van der Waals surface area contributed by atoms with Crippen molar-refractivity contribution in [3.05, 3.63) is 35.4 Å². The Morgan fingerprint density at radius 2 is 2.05 bits per heavy atom. The van der Waals surface area contributed by atoms with E-state index in [9.17, 15) is 18.0 Å². The van der Waals surface area contributed by atoms with E-state index in [1.165, 1.54) is 23.1 Å². The van der Waals surface area contributed by atoms with E-state index in [0.717, 1.165) is 6.07 Å². The van der Waals surface area contributed by atoms with Gasteiger partial charge in [-0.2, -0.15) is 13.2 Å². The van der Waals surface area contributed by atoms with E-state index in [-0.39, 0.29) is 31.7 Å². The van der Waals surface area contributed by atoms with Crippen LogP contribution in [0.1, 0.15) is 24.5 Å². The Balaban J connectivity index is 2.31. The predicted octanol–water partition coefficient (Wildman–Crippen LogP) is 2.80. The third-order valence-corrected chi connectivity index (χ3v) is 3.68. The number of carbonyl (C=O) groups is 1. The van der Waals surface area contributed by atoms with Crippen molar-refractivity contribution in [2.24, 2.45) is 0 Å². The van der Waals surface area contributed by atoms with E-state index >= 15 is 0 Å². The Morgan fingerprint density at radius 1 is 1.38 bits per heavy atom. The van der Waals surface area contributed by atoms with Gasteiger partial charge < -0.3 is 9.84 Å². The molecule has 1 heterocycles. The Labute approximate surface area is 120 Å². The molecule has 2 rings (SSSR count). The quantitative estimate of drug-likeness (QED) is 0.930. The highest BCUT2D eigenvalue weighted by Crippen LogP contribution is 2.35. The summed E-state index contributed by atoms with van der Waals surface area (Å²) in [6.07, 6.45) is -4.90. The highest BCUT2D eigenvalue weighted by molar-refractivity contribution is 5.71. The van der Waals surface area contributed by atoms with Crippen molar-refractivity contribution >= 4 is 6.09 Å². The van der Waals surface area contributed by atoms with E-state index in [0.29, 0.717) is 0 Å². The number of amides is 1. The summed E-state index contributed by atoms with van der Waals surface area (Å²) in [7, 11) is 0. The SMILES string of the molecule is CC1(CCO)COC(=O)N1Cc1ccccc1C(F)(F)F. The second kappa shape index (κ2) is 5.55. The van der Waals surface area contributed by atoms with Gasteiger partial charge in [0.1, 0.15) is 6.61 Å². The maximum atomic E-state index is 13.0. The summed E-state index contributed by atoms with van der Waals surface area (Å²) in [4.78, 5) is 13.0. The van der Waals surface area contributed by atoms with Gasteiger partial charge in [-0.15, -0.1) is 0 Å². The first-order valence-electron chi connectivity index (χ1n) is 6.48. The van der Waals surface area contributed by atoms with Crippen LogP contribution in [0.2, 0.25) is 0 Å². The zero-order chi connectivity index (χ0) is 15.7.